The van der Waals surface area contributed by atoms with Crippen LogP contribution in [0.2, 0.25) is 5.02 Å². The van der Waals surface area contributed by atoms with Crippen LogP contribution in [-0.2, 0) is 14.8 Å². The number of hydrogen-bond donors (Lipinski definition) is 1. The molecule has 0 aliphatic carbocycles. The zero-order chi connectivity index (χ0) is 23.1. The van der Waals surface area contributed by atoms with Crippen LogP contribution in [0.15, 0.2) is 84.0 Å². The molecule has 0 radical (unpaired) electrons. The summed E-state index contributed by atoms with van der Waals surface area (Å²) in [4.78, 5) is 12.6. The van der Waals surface area contributed by atoms with Gasteiger partial charge >= 0.3 is 0 Å². The van der Waals surface area contributed by atoms with Gasteiger partial charge in [-0.15, -0.1) is 0 Å². The Hall–Kier alpha value is -3.36. The predicted molar refractivity (Wildman–Crippen MR) is 127 cm³/mol. The molecule has 32 heavy (non-hydrogen) atoms. The highest BCUT2D eigenvalue weighted by Crippen LogP contribution is 2.26. The van der Waals surface area contributed by atoms with Crippen molar-refractivity contribution in [2.24, 2.45) is 5.10 Å². The van der Waals surface area contributed by atoms with Crippen LogP contribution in [0.4, 0.5) is 5.69 Å². The third-order valence-electron chi connectivity index (χ3n) is 4.42. The summed E-state index contributed by atoms with van der Waals surface area (Å²) < 4.78 is 31.7. The molecule has 0 aromatic heterocycles. The average Bonchev–Trinajstić information content (AvgIpc) is 2.76. The fourth-order valence-corrected chi connectivity index (χ4v) is 4.21. The molecule has 3 rings (SSSR count). The van der Waals surface area contributed by atoms with Crippen LogP contribution in [0.1, 0.15) is 12.5 Å². The summed E-state index contributed by atoms with van der Waals surface area (Å²) in [5.74, 6) is 0.620. The molecule has 9 heteroatoms. The Morgan fingerprint density at radius 2 is 1.59 bits per heavy atom. The molecule has 0 aliphatic rings. The Labute approximate surface area is 192 Å². The van der Waals surface area contributed by atoms with Gasteiger partial charge in [-0.3, -0.25) is 9.10 Å². The number of rotatable bonds is 8. The largest absolute Gasteiger partial charge is 0.457 e. The second-order valence-electron chi connectivity index (χ2n) is 6.93. The van der Waals surface area contributed by atoms with E-state index in [4.69, 9.17) is 16.3 Å². The number of hydrazone groups is 1. The van der Waals surface area contributed by atoms with E-state index < -0.39 is 22.0 Å². The lowest BCUT2D eigenvalue weighted by Crippen LogP contribution is -2.46. The standard InChI is InChI=1S/C23H22ClN3O4S/c1-17(23(28)26-25-16-18-8-10-19(24)11-9-18)27(32(2,29)30)20-12-14-22(15-13-20)31-21-6-4-3-5-7-21/h3-17H,1-2H3,(H,26,28)/b25-16-/t17-/m1/s1. The zero-order valence-electron chi connectivity index (χ0n) is 17.5. The molecule has 166 valence electrons. The van der Waals surface area contributed by atoms with Gasteiger partial charge in [-0.25, -0.2) is 13.8 Å². The number of para-hydroxylation sites is 1. The number of halogens is 1. The van der Waals surface area contributed by atoms with Crippen molar-refractivity contribution in [3.63, 3.8) is 0 Å². The molecule has 0 fully saturated rings. The number of hydrogen-bond acceptors (Lipinski definition) is 5. The Balaban J connectivity index is 1.72. The lowest BCUT2D eigenvalue weighted by molar-refractivity contribution is -0.121. The van der Waals surface area contributed by atoms with E-state index >= 15 is 0 Å². The van der Waals surface area contributed by atoms with Crippen molar-refractivity contribution in [1.82, 2.24) is 5.43 Å². The molecule has 3 aromatic rings. The Bertz CT molecular complexity index is 1180. The first kappa shape index (κ1) is 23.3. The molecule has 1 atom stereocenters. The quantitative estimate of drug-likeness (QED) is 0.388. The Kier molecular flexibility index (Phi) is 7.50. The fourth-order valence-electron chi connectivity index (χ4n) is 2.91. The molecule has 0 bridgehead atoms. The van der Waals surface area contributed by atoms with Crippen molar-refractivity contribution in [1.29, 1.82) is 0 Å². The summed E-state index contributed by atoms with van der Waals surface area (Å²) in [5.41, 5.74) is 3.44. The van der Waals surface area contributed by atoms with Gasteiger partial charge in [0.15, 0.2) is 0 Å². The van der Waals surface area contributed by atoms with Crippen molar-refractivity contribution in [2.75, 3.05) is 10.6 Å². The highest BCUT2D eigenvalue weighted by Gasteiger charge is 2.29. The number of carbonyl (C=O) groups excluding carboxylic acids is 1. The smallest absolute Gasteiger partial charge is 0.263 e. The number of nitrogens with zero attached hydrogens (tertiary/aromatic N) is 2. The minimum atomic E-state index is -3.75. The third-order valence-corrected chi connectivity index (χ3v) is 5.91. The minimum Gasteiger partial charge on any atom is -0.457 e. The van der Waals surface area contributed by atoms with Gasteiger partial charge in [0.05, 0.1) is 18.2 Å². The molecule has 0 spiro atoms. The highest BCUT2D eigenvalue weighted by molar-refractivity contribution is 7.92. The van der Waals surface area contributed by atoms with Gasteiger partial charge in [0, 0.05) is 5.02 Å². The first-order chi connectivity index (χ1) is 15.2. The molecule has 3 aromatic carbocycles. The Morgan fingerprint density at radius 3 is 2.19 bits per heavy atom. The first-order valence-electron chi connectivity index (χ1n) is 9.65. The first-order valence-corrected chi connectivity index (χ1v) is 11.9. The van der Waals surface area contributed by atoms with Gasteiger partial charge in [0.1, 0.15) is 17.5 Å². The van der Waals surface area contributed by atoms with E-state index in [2.05, 4.69) is 10.5 Å². The van der Waals surface area contributed by atoms with Crippen LogP contribution in [-0.4, -0.2) is 32.8 Å². The summed E-state index contributed by atoms with van der Waals surface area (Å²) in [6, 6.07) is 21.5. The van der Waals surface area contributed by atoms with Crippen molar-refractivity contribution in [2.45, 2.75) is 13.0 Å². The minimum absolute atomic E-state index is 0.331. The SMILES string of the molecule is C[C@H](C(=O)N/N=C\c1ccc(Cl)cc1)N(c1ccc(Oc2ccccc2)cc1)S(C)(=O)=O. The molecule has 0 saturated carbocycles. The van der Waals surface area contributed by atoms with Gasteiger partial charge in [-0.05, 0) is 61.0 Å². The molecule has 1 amide bonds. The van der Waals surface area contributed by atoms with Crippen molar-refractivity contribution < 1.29 is 17.9 Å². The number of carbonyl (C=O) groups is 1. The van der Waals surface area contributed by atoms with E-state index in [1.807, 2.05) is 30.3 Å². The molecule has 1 N–H and O–H groups in total. The third kappa shape index (κ3) is 6.32. The predicted octanol–water partition coefficient (Wildman–Crippen LogP) is 4.44. The van der Waals surface area contributed by atoms with E-state index in [0.717, 1.165) is 16.1 Å². The summed E-state index contributed by atoms with van der Waals surface area (Å²) in [6.45, 7) is 1.49. The normalized spacial score (nSPS) is 12.3. The summed E-state index contributed by atoms with van der Waals surface area (Å²) >= 11 is 5.84. The van der Waals surface area contributed by atoms with Crippen LogP contribution in [0.25, 0.3) is 0 Å². The van der Waals surface area contributed by atoms with E-state index in [-0.39, 0.29) is 0 Å². The van der Waals surface area contributed by atoms with E-state index in [1.165, 1.54) is 13.1 Å². The second-order valence-corrected chi connectivity index (χ2v) is 9.23. The summed E-state index contributed by atoms with van der Waals surface area (Å²) in [6.07, 6.45) is 2.49. The van der Waals surface area contributed by atoms with Gasteiger partial charge in [-0.2, -0.15) is 5.10 Å². The van der Waals surface area contributed by atoms with Gasteiger partial charge < -0.3 is 4.74 Å². The van der Waals surface area contributed by atoms with Crippen LogP contribution in [0.3, 0.4) is 0 Å². The summed E-state index contributed by atoms with van der Waals surface area (Å²) in [7, 11) is -3.75. The maximum Gasteiger partial charge on any atom is 0.263 e. The second kappa shape index (κ2) is 10.3. The molecule has 0 heterocycles. The number of nitrogens with one attached hydrogen (secondary N) is 1. The van der Waals surface area contributed by atoms with Gasteiger partial charge in [-0.1, -0.05) is 41.9 Å². The van der Waals surface area contributed by atoms with E-state index in [0.29, 0.717) is 22.2 Å². The van der Waals surface area contributed by atoms with Crippen LogP contribution in [0, 0.1) is 0 Å². The molecule has 7 nitrogen and oxygen atoms in total. The maximum absolute atomic E-state index is 12.6. The lowest BCUT2D eigenvalue weighted by atomic mass is 10.2. The van der Waals surface area contributed by atoms with Crippen LogP contribution in [0.5, 0.6) is 11.5 Å². The monoisotopic (exact) mass is 471 g/mol. The van der Waals surface area contributed by atoms with Crippen molar-refractivity contribution in [3.8, 4) is 11.5 Å². The number of amides is 1. The number of ether oxygens (including phenoxy) is 1. The average molecular weight is 472 g/mol. The highest BCUT2D eigenvalue weighted by atomic mass is 35.5. The van der Waals surface area contributed by atoms with Gasteiger partial charge in [0.25, 0.3) is 5.91 Å². The fraction of sp³-hybridized carbons (Fsp3) is 0.130. The lowest BCUT2D eigenvalue weighted by Gasteiger charge is -2.27. The summed E-state index contributed by atoms with van der Waals surface area (Å²) in [5, 5.41) is 4.49. The zero-order valence-corrected chi connectivity index (χ0v) is 19.0. The van der Waals surface area contributed by atoms with Gasteiger partial charge in [0.2, 0.25) is 10.0 Å². The van der Waals surface area contributed by atoms with E-state index in [9.17, 15) is 13.2 Å². The molecular formula is C23H22ClN3O4S. The molecular weight excluding hydrogens is 450 g/mol. The maximum atomic E-state index is 12.6. The number of sulfonamides is 1. The van der Waals surface area contributed by atoms with Crippen molar-refractivity contribution >= 4 is 39.4 Å². The molecule has 0 aliphatic heterocycles. The van der Waals surface area contributed by atoms with E-state index in [1.54, 1.807) is 48.5 Å². The Morgan fingerprint density at radius 1 is 1.00 bits per heavy atom. The number of anilines is 1. The van der Waals surface area contributed by atoms with Crippen molar-refractivity contribution in [3.05, 3.63) is 89.4 Å². The number of benzene rings is 3. The topological polar surface area (TPSA) is 88.1 Å². The molecule has 0 saturated heterocycles. The molecule has 0 unspecified atom stereocenters. The van der Waals surface area contributed by atoms with Crippen LogP contribution < -0.4 is 14.5 Å². The van der Waals surface area contributed by atoms with Crippen LogP contribution >= 0.6 is 11.6 Å².